The summed E-state index contributed by atoms with van der Waals surface area (Å²) in [5.74, 6) is -0.0845. The van der Waals surface area contributed by atoms with E-state index in [9.17, 15) is 4.79 Å². The maximum Gasteiger partial charge on any atom is 0.312 e. The molecule has 0 spiro atoms. The summed E-state index contributed by atoms with van der Waals surface area (Å²) in [7, 11) is 1.46. The summed E-state index contributed by atoms with van der Waals surface area (Å²) >= 11 is 5.93. The van der Waals surface area contributed by atoms with Crippen LogP contribution >= 0.6 is 11.6 Å². The maximum atomic E-state index is 11.8. The first-order chi connectivity index (χ1) is 7.66. The zero-order valence-corrected chi connectivity index (χ0v) is 10.1. The Morgan fingerprint density at radius 2 is 2.25 bits per heavy atom. The highest BCUT2D eigenvalue weighted by molar-refractivity contribution is 6.30. The van der Waals surface area contributed by atoms with Crippen molar-refractivity contribution >= 4 is 17.6 Å². The number of rotatable bonds is 3. The van der Waals surface area contributed by atoms with Gasteiger partial charge in [0, 0.05) is 5.02 Å². The topological polar surface area (TPSA) is 26.3 Å². The van der Waals surface area contributed by atoms with Crippen LogP contribution in [0.4, 0.5) is 0 Å². The summed E-state index contributed by atoms with van der Waals surface area (Å²) in [6, 6.07) is 7.69. The quantitative estimate of drug-likeness (QED) is 0.756. The van der Waals surface area contributed by atoms with E-state index in [1.807, 2.05) is 24.3 Å². The van der Waals surface area contributed by atoms with Gasteiger partial charge in [-0.25, -0.2) is 0 Å². The molecule has 1 aromatic rings. The fourth-order valence-corrected chi connectivity index (χ4v) is 2.52. The molecule has 1 aliphatic carbocycles. The molecule has 0 N–H and O–H groups in total. The number of esters is 1. The van der Waals surface area contributed by atoms with Crippen molar-refractivity contribution in [1.82, 2.24) is 0 Å². The molecule has 0 saturated heterocycles. The van der Waals surface area contributed by atoms with Gasteiger partial charge in [-0.3, -0.25) is 4.79 Å². The predicted octanol–water partition coefficient (Wildman–Crippen LogP) is 3.23. The lowest BCUT2D eigenvalue weighted by Crippen LogP contribution is -2.40. The molecule has 1 fully saturated rings. The Balaban J connectivity index is 2.16. The number of hydrogen-bond donors (Lipinski definition) is 0. The van der Waals surface area contributed by atoms with Crippen molar-refractivity contribution in [3.8, 4) is 0 Å². The van der Waals surface area contributed by atoms with Gasteiger partial charge in [0.25, 0.3) is 0 Å². The minimum atomic E-state index is -0.292. The molecule has 16 heavy (non-hydrogen) atoms. The molecule has 0 unspecified atom stereocenters. The second-order valence-electron chi connectivity index (χ2n) is 4.43. The summed E-state index contributed by atoms with van der Waals surface area (Å²) in [6.07, 6.45) is 3.69. The molecule has 2 rings (SSSR count). The minimum absolute atomic E-state index is 0.0845. The van der Waals surface area contributed by atoms with Gasteiger partial charge in [0.15, 0.2) is 0 Å². The van der Waals surface area contributed by atoms with Crippen LogP contribution in [0.3, 0.4) is 0 Å². The Bertz CT molecular complexity index is 397. The molecule has 0 amide bonds. The molecular formula is C13H15ClO2. The van der Waals surface area contributed by atoms with Crippen molar-refractivity contribution in [3.63, 3.8) is 0 Å². The molecular weight excluding hydrogens is 224 g/mol. The average molecular weight is 239 g/mol. The van der Waals surface area contributed by atoms with E-state index in [-0.39, 0.29) is 11.4 Å². The first-order valence-electron chi connectivity index (χ1n) is 5.49. The van der Waals surface area contributed by atoms with Crippen LogP contribution in [-0.2, 0) is 16.0 Å². The second-order valence-corrected chi connectivity index (χ2v) is 4.87. The number of carbonyl (C=O) groups excluding carboxylic acids is 1. The van der Waals surface area contributed by atoms with Crippen molar-refractivity contribution in [2.24, 2.45) is 5.41 Å². The van der Waals surface area contributed by atoms with E-state index in [0.717, 1.165) is 36.3 Å². The van der Waals surface area contributed by atoms with E-state index in [0.29, 0.717) is 0 Å². The standard InChI is InChI=1S/C13H15ClO2/c1-16-12(15)13(6-3-7-13)9-10-4-2-5-11(14)8-10/h2,4-5,8H,3,6-7,9H2,1H3. The van der Waals surface area contributed by atoms with Crippen molar-refractivity contribution in [3.05, 3.63) is 34.9 Å². The number of halogens is 1. The number of ether oxygens (including phenoxy) is 1. The number of methoxy groups -OCH3 is 1. The van der Waals surface area contributed by atoms with E-state index in [4.69, 9.17) is 16.3 Å². The minimum Gasteiger partial charge on any atom is -0.469 e. The lowest BCUT2D eigenvalue weighted by molar-refractivity contribution is -0.158. The molecule has 0 heterocycles. The van der Waals surface area contributed by atoms with Gasteiger partial charge in [0.1, 0.15) is 0 Å². The van der Waals surface area contributed by atoms with E-state index in [1.165, 1.54) is 7.11 Å². The summed E-state index contributed by atoms with van der Waals surface area (Å²) in [6.45, 7) is 0. The number of hydrogen-bond acceptors (Lipinski definition) is 2. The van der Waals surface area contributed by atoms with E-state index < -0.39 is 0 Å². The van der Waals surface area contributed by atoms with E-state index in [1.54, 1.807) is 0 Å². The van der Waals surface area contributed by atoms with Crippen LogP contribution < -0.4 is 0 Å². The third kappa shape index (κ3) is 2.07. The summed E-state index contributed by atoms with van der Waals surface area (Å²) in [5.41, 5.74) is 0.817. The number of carbonyl (C=O) groups is 1. The highest BCUT2D eigenvalue weighted by Gasteiger charge is 2.45. The Morgan fingerprint density at radius 1 is 1.50 bits per heavy atom. The van der Waals surface area contributed by atoms with Gasteiger partial charge in [-0.1, -0.05) is 30.2 Å². The van der Waals surface area contributed by atoms with Crippen LogP contribution in [0.25, 0.3) is 0 Å². The number of benzene rings is 1. The third-order valence-electron chi connectivity index (χ3n) is 3.36. The van der Waals surface area contributed by atoms with Crippen molar-refractivity contribution in [1.29, 1.82) is 0 Å². The monoisotopic (exact) mass is 238 g/mol. The third-order valence-corrected chi connectivity index (χ3v) is 3.60. The highest BCUT2D eigenvalue weighted by atomic mass is 35.5. The van der Waals surface area contributed by atoms with Crippen LogP contribution in [0.2, 0.25) is 5.02 Å². The normalized spacial score (nSPS) is 17.6. The molecule has 86 valence electrons. The Kier molecular flexibility index (Phi) is 3.20. The van der Waals surface area contributed by atoms with Gasteiger partial charge >= 0.3 is 5.97 Å². The van der Waals surface area contributed by atoms with Gasteiger partial charge in [-0.15, -0.1) is 0 Å². The van der Waals surface area contributed by atoms with E-state index in [2.05, 4.69) is 0 Å². The van der Waals surface area contributed by atoms with Gasteiger partial charge in [0.2, 0.25) is 0 Å². The zero-order valence-electron chi connectivity index (χ0n) is 9.33. The summed E-state index contributed by atoms with van der Waals surface area (Å²) in [5, 5.41) is 0.719. The molecule has 1 aliphatic rings. The summed E-state index contributed by atoms with van der Waals surface area (Å²) in [4.78, 5) is 11.8. The van der Waals surface area contributed by atoms with Crippen LogP contribution in [0.5, 0.6) is 0 Å². The van der Waals surface area contributed by atoms with Crippen LogP contribution in [0.1, 0.15) is 24.8 Å². The highest BCUT2D eigenvalue weighted by Crippen LogP contribution is 2.44. The first kappa shape index (κ1) is 11.5. The molecule has 1 aromatic carbocycles. The van der Waals surface area contributed by atoms with Crippen molar-refractivity contribution in [2.45, 2.75) is 25.7 Å². The van der Waals surface area contributed by atoms with Gasteiger partial charge in [-0.05, 0) is 37.0 Å². The van der Waals surface area contributed by atoms with E-state index >= 15 is 0 Å². The average Bonchev–Trinajstić information content (AvgIpc) is 2.22. The fourth-order valence-electron chi connectivity index (χ4n) is 2.31. The molecule has 0 radical (unpaired) electrons. The van der Waals surface area contributed by atoms with Gasteiger partial charge in [0.05, 0.1) is 12.5 Å². The molecule has 0 bridgehead atoms. The van der Waals surface area contributed by atoms with Gasteiger partial charge in [-0.2, -0.15) is 0 Å². The molecule has 0 atom stereocenters. The second kappa shape index (κ2) is 4.46. The SMILES string of the molecule is COC(=O)C1(Cc2cccc(Cl)c2)CCC1. The van der Waals surface area contributed by atoms with Crippen molar-refractivity contribution in [2.75, 3.05) is 7.11 Å². The zero-order chi connectivity index (χ0) is 11.6. The van der Waals surface area contributed by atoms with Crippen molar-refractivity contribution < 1.29 is 9.53 Å². The Hall–Kier alpha value is -1.02. The smallest absolute Gasteiger partial charge is 0.312 e. The van der Waals surface area contributed by atoms with Crippen LogP contribution in [0, 0.1) is 5.41 Å². The fraction of sp³-hybridized carbons (Fsp3) is 0.462. The lowest BCUT2D eigenvalue weighted by atomic mass is 9.65. The Morgan fingerprint density at radius 3 is 2.75 bits per heavy atom. The van der Waals surface area contributed by atoms with Crippen LogP contribution in [-0.4, -0.2) is 13.1 Å². The molecule has 0 aliphatic heterocycles. The predicted molar refractivity (Wildman–Crippen MR) is 63.5 cm³/mol. The maximum absolute atomic E-state index is 11.8. The Labute approximate surface area is 101 Å². The molecule has 3 heteroatoms. The largest absolute Gasteiger partial charge is 0.469 e. The molecule has 0 aromatic heterocycles. The molecule has 1 saturated carbocycles. The first-order valence-corrected chi connectivity index (χ1v) is 5.87. The molecule has 2 nitrogen and oxygen atoms in total. The van der Waals surface area contributed by atoms with Gasteiger partial charge < -0.3 is 4.74 Å². The van der Waals surface area contributed by atoms with Crippen LogP contribution in [0.15, 0.2) is 24.3 Å². The lowest BCUT2D eigenvalue weighted by Gasteiger charge is -2.39. The summed E-state index contributed by atoms with van der Waals surface area (Å²) < 4.78 is 4.89.